The summed E-state index contributed by atoms with van der Waals surface area (Å²) in [6.07, 6.45) is 2.01. The van der Waals surface area contributed by atoms with E-state index in [9.17, 15) is 10.1 Å². The second-order valence-electron chi connectivity index (χ2n) is 4.14. The first-order chi connectivity index (χ1) is 7.43. The zero-order valence-corrected chi connectivity index (χ0v) is 10.4. The average molecular weight is 243 g/mol. The van der Waals surface area contributed by atoms with Gasteiger partial charge in [-0.2, -0.15) is 0 Å². The van der Waals surface area contributed by atoms with Crippen LogP contribution in [0.1, 0.15) is 25.1 Å². The molecule has 1 atom stereocenters. The summed E-state index contributed by atoms with van der Waals surface area (Å²) in [4.78, 5) is 14.6. The predicted octanol–water partition coefficient (Wildman–Crippen LogP) is 3.10. The van der Waals surface area contributed by atoms with E-state index >= 15 is 0 Å². The zero-order chi connectivity index (χ0) is 12.3. The molecule has 1 rings (SSSR count). The van der Waals surface area contributed by atoms with E-state index < -0.39 is 0 Å². The van der Waals surface area contributed by atoms with E-state index in [0.29, 0.717) is 17.7 Å². The highest BCUT2D eigenvalue weighted by molar-refractivity contribution is 6.20. The first-order valence-corrected chi connectivity index (χ1v) is 5.60. The fourth-order valence-electron chi connectivity index (χ4n) is 1.43. The van der Waals surface area contributed by atoms with Crippen LogP contribution in [-0.2, 0) is 6.42 Å². The van der Waals surface area contributed by atoms with Crippen molar-refractivity contribution in [3.05, 3.63) is 33.6 Å². The number of aryl methyl sites for hydroxylation is 1. The molecule has 1 aromatic rings. The van der Waals surface area contributed by atoms with E-state index in [4.69, 9.17) is 11.6 Å². The van der Waals surface area contributed by atoms with Gasteiger partial charge in [-0.05, 0) is 18.9 Å². The number of rotatable bonds is 4. The third kappa shape index (κ3) is 2.92. The molecule has 88 valence electrons. The summed E-state index contributed by atoms with van der Waals surface area (Å²) < 4.78 is 0. The molecule has 16 heavy (non-hydrogen) atoms. The molecule has 0 saturated heterocycles. The van der Waals surface area contributed by atoms with Crippen molar-refractivity contribution in [1.82, 2.24) is 4.98 Å². The lowest BCUT2D eigenvalue weighted by molar-refractivity contribution is -0.386. The number of pyridine rings is 1. The van der Waals surface area contributed by atoms with Crippen molar-refractivity contribution >= 4 is 17.3 Å². The summed E-state index contributed by atoms with van der Waals surface area (Å²) in [7, 11) is 0. The minimum atomic E-state index is -0.387. The van der Waals surface area contributed by atoms with Gasteiger partial charge in [0.15, 0.2) is 0 Å². The van der Waals surface area contributed by atoms with Crippen molar-refractivity contribution in [3.63, 3.8) is 0 Å². The quantitative estimate of drug-likeness (QED) is 0.463. The summed E-state index contributed by atoms with van der Waals surface area (Å²) in [6, 6.07) is 1.64. The number of aromatic nitrogens is 1. The van der Waals surface area contributed by atoms with Gasteiger partial charge in [0.1, 0.15) is 5.69 Å². The van der Waals surface area contributed by atoms with Gasteiger partial charge in [-0.15, -0.1) is 11.6 Å². The molecule has 5 heteroatoms. The van der Waals surface area contributed by atoms with Gasteiger partial charge in [-0.3, -0.25) is 15.1 Å². The highest BCUT2D eigenvalue weighted by atomic mass is 35.5. The average Bonchev–Trinajstić information content (AvgIpc) is 2.16. The molecule has 0 amide bonds. The summed E-state index contributed by atoms with van der Waals surface area (Å²) in [5, 5.41) is 10.8. The molecule has 0 aliphatic rings. The Morgan fingerprint density at radius 1 is 1.56 bits per heavy atom. The third-order valence-electron chi connectivity index (χ3n) is 2.50. The van der Waals surface area contributed by atoms with Crippen LogP contribution in [0.4, 0.5) is 5.69 Å². The fraction of sp³-hybridized carbons (Fsp3) is 0.545. The number of nitro groups is 1. The fourth-order valence-corrected chi connectivity index (χ4v) is 1.57. The van der Waals surface area contributed by atoms with Gasteiger partial charge < -0.3 is 0 Å². The van der Waals surface area contributed by atoms with Gasteiger partial charge in [0, 0.05) is 23.6 Å². The number of hydrogen-bond donors (Lipinski definition) is 0. The summed E-state index contributed by atoms with van der Waals surface area (Å²) in [5.74, 6) is 0.267. The zero-order valence-electron chi connectivity index (χ0n) is 9.61. The van der Waals surface area contributed by atoms with Crippen molar-refractivity contribution in [2.75, 3.05) is 0 Å². The first kappa shape index (κ1) is 12.9. The molecule has 0 fully saturated rings. The molecule has 1 heterocycles. The normalized spacial score (nSPS) is 12.8. The number of alkyl halides is 1. The van der Waals surface area contributed by atoms with Crippen LogP contribution in [0.15, 0.2) is 12.3 Å². The van der Waals surface area contributed by atoms with Crippen LogP contribution in [0.5, 0.6) is 0 Å². The van der Waals surface area contributed by atoms with E-state index in [1.54, 1.807) is 19.2 Å². The maximum atomic E-state index is 10.9. The van der Waals surface area contributed by atoms with Crippen LogP contribution in [0.2, 0.25) is 0 Å². The lowest BCUT2D eigenvalue weighted by atomic mass is 10.0. The molecular formula is C11H15ClN2O2. The molecule has 1 aromatic heterocycles. The first-order valence-electron chi connectivity index (χ1n) is 5.16. The van der Waals surface area contributed by atoms with Crippen molar-refractivity contribution < 1.29 is 4.92 Å². The lowest BCUT2D eigenvalue weighted by Crippen LogP contribution is -2.14. The topological polar surface area (TPSA) is 56.0 Å². The Balaban J connectivity index is 3.04. The van der Waals surface area contributed by atoms with Gasteiger partial charge >= 0.3 is 0 Å². The number of nitrogens with zero attached hydrogens (tertiary/aromatic N) is 2. The Morgan fingerprint density at radius 3 is 2.69 bits per heavy atom. The second kappa shape index (κ2) is 5.25. The minimum absolute atomic E-state index is 0.0915. The molecule has 0 saturated carbocycles. The van der Waals surface area contributed by atoms with E-state index in [1.807, 2.05) is 13.8 Å². The molecule has 0 radical (unpaired) electrons. The maximum Gasteiger partial charge on any atom is 0.293 e. The van der Waals surface area contributed by atoms with Crippen molar-refractivity contribution in [1.29, 1.82) is 0 Å². The van der Waals surface area contributed by atoms with E-state index in [1.165, 1.54) is 0 Å². The van der Waals surface area contributed by atoms with Crippen LogP contribution in [0.3, 0.4) is 0 Å². The van der Waals surface area contributed by atoms with Crippen molar-refractivity contribution in [2.45, 2.75) is 32.6 Å². The van der Waals surface area contributed by atoms with E-state index in [-0.39, 0.29) is 21.9 Å². The van der Waals surface area contributed by atoms with Crippen LogP contribution >= 0.6 is 11.6 Å². The van der Waals surface area contributed by atoms with Crippen molar-refractivity contribution in [3.8, 4) is 0 Å². The van der Waals surface area contributed by atoms with Crippen LogP contribution in [0, 0.1) is 23.0 Å². The molecule has 1 unspecified atom stereocenters. The van der Waals surface area contributed by atoms with Gasteiger partial charge in [-0.1, -0.05) is 13.8 Å². The summed E-state index contributed by atoms with van der Waals surface area (Å²) in [5.41, 5.74) is 1.19. The van der Waals surface area contributed by atoms with Crippen LogP contribution in [-0.4, -0.2) is 15.3 Å². The summed E-state index contributed by atoms with van der Waals surface area (Å²) in [6.45, 7) is 5.68. The van der Waals surface area contributed by atoms with Gasteiger partial charge in [0.2, 0.25) is 0 Å². The molecule has 0 aliphatic heterocycles. The smallest absolute Gasteiger partial charge is 0.258 e. The number of halogens is 1. The maximum absolute atomic E-state index is 10.9. The SMILES string of the molecule is Cc1ccnc(CC(Cl)C(C)C)c1[N+](=O)[O-]. The highest BCUT2D eigenvalue weighted by Gasteiger charge is 2.21. The third-order valence-corrected chi connectivity index (χ3v) is 3.15. The standard InChI is InChI=1S/C11H15ClN2O2/c1-7(2)9(12)6-10-11(14(15)16)8(3)4-5-13-10/h4-5,7,9H,6H2,1-3H3. The molecule has 0 aromatic carbocycles. The van der Waals surface area contributed by atoms with E-state index in [0.717, 1.165) is 0 Å². The van der Waals surface area contributed by atoms with Crippen molar-refractivity contribution in [2.24, 2.45) is 5.92 Å². The predicted molar refractivity (Wildman–Crippen MR) is 63.8 cm³/mol. The molecule has 0 aliphatic carbocycles. The summed E-state index contributed by atoms with van der Waals surface area (Å²) >= 11 is 6.12. The molecular weight excluding hydrogens is 228 g/mol. The van der Waals surface area contributed by atoms with E-state index in [2.05, 4.69) is 4.98 Å². The monoisotopic (exact) mass is 242 g/mol. The van der Waals surface area contributed by atoms with Crippen LogP contribution in [0.25, 0.3) is 0 Å². The largest absolute Gasteiger partial charge is 0.293 e. The Morgan fingerprint density at radius 2 is 2.19 bits per heavy atom. The van der Waals surface area contributed by atoms with Gasteiger partial charge in [0.05, 0.1) is 4.92 Å². The Kier molecular flexibility index (Phi) is 4.24. The Hall–Kier alpha value is -1.16. The van der Waals surface area contributed by atoms with Crippen LogP contribution < -0.4 is 0 Å². The highest BCUT2D eigenvalue weighted by Crippen LogP contribution is 2.25. The second-order valence-corrected chi connectivity index (χ2v) is 4.70. The van der Waals surface area contributed by atoms with Gasteiger partial charge in [-0.25, -0.2) is 0 Å². The lowest BCUT2D eigenvalue weighted by Gasteiger charge is -2.12. The minimum Gasteiger partial charge on any atom is -0.258 e. The molecule has 4 nitrogen and oxygen atoms in total. The molecule has 0 spiro atoms. The Bertz CT molecular complexity index is 394. The molecule has 0 N–H and O–H groups in total. The number of hydrogen-bond acceptors (Lipinski definition) is 3. The molecule has 0 bridgehead atoms. The Labute approximate surface area is 99.8 Å². The van der Waals surface area contributed by atoms with Gasteiger partial charge in [0.25, 0.3) is 5.69 Å².